The third-order valence-electron chi connectivity index (χ3n) is 18.6. The van der Waals surface area contributed by atoms with Gasteiger partial charge in [0.1, 0.15) is 73.2 Å². The van der Waals surface area contributed by atoms with Crippen molar-refractivity contribution in [2.45, 2.75) is 222 Å². The molecule has 14 N–H and O–H groups in total. The zero-order chi connectivity index (χ0) is 50.4. The van der Waals surface area contributed by atoms with Crippen LogP contribution in [0.5, 0.6) is 0 Å². The predicted octanol–water partition coefficient (Wildman–Crippen LogP) is -2.09. The van der Waals surface area contributed by atoms with E-state index in [0.717, 1.165) is 6.42 Å². The fourth-order valence-electron chi connectivity index (χ4n) is 14.9. The van der Waals surface area contributed by atoms with Gasteiger partial charge >= 0.3 is 0 Å². The van der Waals surface area contributed by atoms with Crippen molar-refractivity contribution in [1.82, 2.24) is 0 Å². The second-order valence-electron chi connectivity index (χ2n) is 23.5. The van der Waals surface area contributed by atoms with E-state index in [9.17, 15) is 71.5 Å². The number of aliphatic hydroxyl groups is 14. The minimum absolute atomic E-state index is 0.115. The molecule has 3 aliphatic heterocycles. The molecule has 394 valence electrons. The lowest BCUT2D eigenvalue weighted by Crippen LogP contribution is -2.70. The number of fused-ring (bicyclic) bond motifs is 5. The summed E-state index contributed by atoms with van der Waals surface area (Å²) < 4.78 is 36.7. The van der Waals surface area contributed by atoms with E-state index >= 15 is 0 Å². The third kappa shape index (κ3) is 9.19. The number of ether oxygens (including phenoxy) is 6. The number of aliphatic hydroxyl groups excluding tert-OH is 13. The van der Waals surface area contributed by atoms with Crippen LogP contribution in [0, 0.1) is 45.3 Å². The zero-order valence-corrected chi connectivity index (χ0v) is 40.6. The van der Waals surface area contributed by atoms with Crippen LogP contribution in [0.15, 0.2) is 12.2 Å². The minimum atomic E-state index is -1.86. The minimum Gasteiger partial charge on any atom is -0.394 e. The molecule has 20 nitrogen and oxygen atoms in total. The van der Waals surface area contributed by atoms with Gasteiger partial charge in [0.25, 0.3) is 0 Å². The first-order valence-electron chi connectivity index (χ1n) is 24.5. The van der Waals surface area contributed by atoms with Gasteiger partial charge in [-0.15, -0.1) is 0 Å². The SMILES string of the molecule is CC(C)(O)/C=C/CC(C)(O[C@@H]1O[C@H](CO)[C@@H](O)[C@H](O)[C@H]1O)[C@H]1CC[C@]2(C)[C@@H]1[C@H](O)CC1[C@@]3(C)C[C@@H](O)[C@H](O[C@@H]4O[C@H](CO)[C@@H](O)[C@H](O)[C@H]4O[C@@H]4O[C@H](CO)[C@@H](O)[C@H](O)[C@H]4O)C(C)(C)C3CC[C@]12C. The molecule has 3 unspecified atom stereocenters. The average molecular weight is 979 g/mol. The van der Waals surface area contributed by atoms with Gasteiger partial charge in [0.05, 0.1) is 49.3 Å². The first-order valence-corrected chi connectivity index (χ1v) is 24.5. The van der Waals surface area contributed by atoms with E-state index in [1.54, 1.807) is 26.0 Å². The summed E-state index contributed by atoms with van der Waals surface area (Å²) in [6.07, 6.45) is -20.0. The van der Waals surface area contributed by atoms with Gasteiger partial charge in [-0.25, -0.2) is 0 Å². The van der Waals surface area contributed by atoms with Gasteiger partial charge < -0.3 is 99.9 Å². The molecule has 0 amide bonds. The molecule has 7 aliphatic rings. The molecule has 3 saturated heterocycles. The Kier molecular flexibility index (Phi) is 15.8. The average Bonchev–Trinajstić information content (AvgIpc) is 3.65. The molecule has 4 aliphatic carbocycles. The highest BCUT2D eigenvalue weighted by Gasteiger charge is 2.73. The highest BCUT2D eigenvalue weighted by molar-refractivity contribution is 5.21. The Balaban J connectivity index is 1.16. The molecule has 68 heavy (non-hydrogen) atoms. The van der Waals surface area contributed by atoms with Crippen LogP contribution in [-0.2, 0) is 28.4 Å². The van der Waals surface area contributed by atoms with Crippen molar-refractivity contribution in [1.29, 1.82) is 0 Å². The van der Waals surface area contributed by atoms with E-state index < -0.39 is 163 Å². The summed E-state index contributed by atoms with van der Waals surface area (Å²) in [6.45, 7) is 13.7. The molecule has 0 aromatic rings. The normalized spacial score (nSPS) is 52.8. The van der Waals surface area contributed by atoms with Crippen LogP contribution in [0.3, 0.4) is 0 Å². The smallest absolute Gasteiger partial charge is 0.187 e. The fraction of sp³-hybridized carbons (Fsp3) is 0.958. The Hall–Kier alpha value is -1.06. The molecule has 7 fully saturated rings. The Labute approximate surface area is 398 Å². The lowest BCUT2D eigenvalue weighted by atomic mass is 9.35. The maximum Gasteiger partial charge on any atom is 0.187 e. The van der Waals surface area contributed by atoms with E-state index in [4.69, 9.17) is 28.4 Å². The monoisotopic (exact) mass is 979 g/mol. The molecule has 26 atom stereocenters. The van der Waals surface area contributed by atoms with Crippen LogP contribution in [0.25, 0.3) is 0 Å². The molecule has 20 heteroatoms. The van der Waals surface area contributed by atoms with Crippen LogP contribution in [0.2, 0.25) is 0 Å². The van der Waals surface area contributed by atoms with Crippen LogP contribution in [-0.4, -0.2) is 213 Å². The molecule has 3 heterocycles. The molecular weight excluding hydrogens is 897 g/mol. The largest absolute Gasteiger partial charge is 0.394 e. The van der Waals surface area contributed by atoms with Gasteiger partial charge in [0.2, 0.25) is 0 Å². The van der Waals surface area contributed by atoms with Crippen molar-refractivity contribution in [2.75, 3.05) is 19.8 Å². The molecule has 0 bridgehead atoms. The molecular formula is C48H82O20. The van der Waals surface area contributed by atoms with Crippen LogP contribution in [0.4, 0.5) is 0 Å². The fourth-order valence-corrected chi connectivity index (χ4v) is 14.9. The van der Waals surface area contributed by atoms with E-state index in [1.807, 2.05) is 20.8 Å². The summed E-state index contributed by atoms with van der Waals surface area (Å²) in [7, 11) is 0. The Morgan fingerprint density at radius 2 is 1.10 bits per heavy atom. The summed E-state index contributed by atoms with van der Waals surface area (Å²) in [5, 5.41) is 152. The maximum atomic E-state index is 12.7. The Bertz CT molecular complexity index is 1750. The zero-order valence-electron chi connectivity index (χ0n) is 40.6. The van der Waals surface area contributed by atoms with Gasteiger partial charge in [-0.05, 0) is 111 Å². The second-order valence-corrected chi connectivity index (χ2v) is 23.5. The topological polar surface area (TPSA) is 339 Å². The summed E-state index contributed by atoms with van der Waals surface area (Å²) in [5.74, 6) is -0.899. The van der Waals surface area contributed by atoms with Crippen molar-refractivity contribution in [2.24, 2.45) is 45.3 Å². The van der Waals surface area contributed by atoms with Crippen molar-refractivity contribution >= 4 is 0 Å². The molecule has 0 spiro atoms. The van der Waals surface area contributed by atoms with Gasteiger partial charge in [0.15, 0.2) is 18.9 Å². The standard InChI is InChI=1S/C48H82O20/c1-43(2,62)12-9-13-48(8,68-41-37(61)34(58)31(55)25(19-50)64-41)21-10-14-47(7)29(21)22(52)16-28-45(5)17-23(53)39(44(3,4)27(45)11-15-46(28,47)6)67-42-38(35(59)32(56)26(20-51)65-42)66-40-36(60)33(57)30(54)24(18-49)63-40/h9,12,21-42,49-62H,10-11,13-20H2,1-8H3/b12-9+/t21-,22+,23+,24+,25+,26+,27?,28?,29-,30+,31+,32+,33-,34-,35-,36+,37+,38+,39-,40-,41-,42-,45-,46+,47+,48?/m0/s1. The highest BCUT2D eigenvalue weighted by atomic mass is 16.8. The van der Waals surface area contributed by atoms with E-state index in [2.05, 4.69) is 20.8 Å². The molecule has 0 aromatic carbocycles. The van der Waals surface area contributed by atoms with Crippen molar-refractivity contribution in [3.63, 3.8) is 0 Å². The predicted molar refractivity (Wildman–Crippen MR) is 236 cm³/mol. The van der Waals surface area contributed by atoms with Crippen molar-refractivity contribution < 1.29 is 99.9 Å². The summed E-state index contributed by atoms with van der Waals surface area (Å²) >= 11 is 0. The highest BCUT2D eigenvalue weighted by Crippen LogP contribution is 2.76. The molecule has 0 aromatic heterocycles. The number of rotatable bonds is 13. The lowest BCUT2D eigenvalue weighted by Gasteiger charge is -2.71. The first-order chi connectivity index (χ1) is 31.5. The van der Waals surface area contributed by atoms with Crippen LogP contribution >= 0.6 is 0 Å². The Morgan fingerprint density at radius 3 is 1.66 bits per heavy atom. The first kappa shape index (κ1) is 54.7. The summed E-state index contributed by atoms with van der Waals surface area (Å²) in [4.78, 5) is 0. The van der Waals surface area contributed by atoms with E-state index in [-0.39, 0.29) is 36.5 Å². The third-order valence-corrected chi connectivity index (χ3v) is 18.6. The van der Waals surface area contributed by atoms with E-state index in [0.29, 0.717) is 25.7 Å². The molecule has 7 rings (SSSR count). The lowest BCUT2D eigenvalue weighted by molar-refractivity contribution is -0.383. The van der Waals surface area contributed by atoms with E-state index in [1.165, 1.54) is 0 Å². The number of hydrogen-bond donors (Lipinski definition) is 14. The number of hydrogen-bond acceptors (Lipinski definition) is 20. The van der Waals surface area contributed by atoms with Crippen LogP contribution < -0.4 is 0 Å². The maximum absolute atomic E-state index is 12.7. The summed E-state index contributed by atoms with van der Waals surface area (Å²) in [5.41, 5.74) is -4.59. The molecule has 4 saturated carbocycles. The quantitative estimate of drug-likeness (QED) is 0.0695. The van der Waals surface area contributed by atoms with Gasteiger partial charge in [0, 0.05) is 0 Å². The second kappa shape index (κ2) is 19.7. The van der Waals surface area contributed by atoms with Gasteiger partial charge in [-0.3, -0.25) is 0 Å². The van der Waals surface area contributed by atoms with Crippen molar-refractivity contribution in [3.05, 3.63) is 12.2 Å². The molecule has 0 radical (unpaired) electrons. The summed E-state index contributed by atoms with van der Waals surface area (Å²) in [6, 6.07) is 0. The van der Waals surface area contributed by atoms with Gasteiger partial charge in [-0.2, -0.15) is 0 Å². The van der Waals surface area contributed by atoms with Crippen molar-refractivity contribution in [3.8, 4) is 0 Å². The Morgan fingerprint density at radius 1 is 0.588 bits per heavy atom. The van der Waals surface area contributed by atoms with Gasteiger partial charge in [-0.1, -0.05) is 46.8 Å². The van der Waals surface area contributed by atoms with Crippen LogP contribution in [0.1, 0.15) is 100 Å².